The molecule has 102 valence electrons. The topological polar surface area (TPSA) is 45.9 Å². The Hall–Kier alpha value is -2.41. The van der Waals surface area contributed by atoms with E-state index in [1.807, 2.05) is 12.1 Å². The number of rotatable bonds is 5. The summed E-state index contributed by atoms with van der Waals surface area (Å²) in [5.74, 6) is -0.572. The molecule has 0 N–H and O–H groups in total. The number of aromatic nitrogens is 1. The first kappa shape index (κ1) is 14.0. The maximum absolute atomic E-state index is 13.7. The Bertz CT molecular complexity index is 608. The molecule has 4 heteroatoms. The average molecular weight is 270 g/mol. The number of nitrogens with zero attached hydrogens (tertiary/aromatic N) is 2. The van der Waals surface area contributed by atoms with Crippen LogP contribution >= 0.6 is 0 Å². The van der Waals surface area contributed by atoms with Crippen molar-refractivity contribution in [1.82, 2.24) is 4.98 Å². The van der Waals surface area contributed by atoms with Crippen LogP contribution in [0.1, 0.15) is 23.5 Å². The first-order valence-electron chi connectivity index (χ1n) is 6.36. The third-order valence-electron chi connectivity index (χ3n) is 3.21. The van der Waals surface area contributed by atoms with Gasteiger partial charge in [-0.05, 0) is 48.2 Å². The molecule has 1 aromatic carbocycles. The molecule has 0 saturated carbocycles. The normalized spacial score (nSPS) is 11.7. The third kappa shape index (κ3) is 3.33. The molecule has 0 amide bonds. The van der Waals surface area contributed by atoms with Gasteiger partial charge in [-0.1, -0.05) is 6.07 Å². The van der Waals surface area contributed by atoms with Crippen LogP contribution in [-0.4, -0.2) is 12.1 Å². The summed E-state index contributed by atoms with van der Waals surface area (Å²) in [6.07, 6.45) is 4.86. The molecule has 0 bridgehead atoms. The number of methoxy groups -OCH3 is 1. The lowest BCUT2D eigenvalue weighted by Crippen LogP contribution is -2.00. The van der Waals surface area contributed by atoms with Gasteiger partial charge in [0.05, 0.1) is 19.1 Å². The Kier molecular flexibility index (Phi) is 4.67. The lowest BCUT2D eigenvalue weighted by molar-refractivity contribution is 0.386. The van der Waals surface area contributed by atoms with E-state index in [1.54, 1.807) is 24.5 Å². The van der Waals surface area contributed by atoms with Crippen LogP contribution in [0.3, 0.4) is 0 Å². The highest BCUT2D eigenvalue weighted by atomic mass is 19.1. The minimum absolute atomic E-state index is 0.194. The van der Waals surface area contributed by atoms with E-state index in [4.69, 9.17) is 4.74 Å². The fraction of sp³-hybridized carbons (Fsp3) is 0.250. The Morgan fingerprint density at radius 1 is 1.30 bits per heavy atom. The zero-order valence-corrected chi connectivity index (χ0v) is 11.2. The number of aryl methyl sites for hydroxylation is 1. The number of ether oxygens (including phenoxy) is 1. The van der Waals surface area contributed by atoms with Crippen LogP contribution in [-0.2, 0) is 6.42 Å². The summed E-state index contributed by atoms with van der Waals surface area (Å²) in [6, 6.07) is 10.7. The van der Waals surface area contributed by atoms with Crippen molar-refractivity contribution in [3.63, 3.8) is 0 Å². The van der Waals surface area contributed by atoms with Gasteiger partial charge in [0.15, 0.2) is 11.6 Å². The highest BCUT2D eigenvalue weighted by Crippen LogP contribution is 2.25. The van der Waals surface area contributed by atoms with Gasteiger partial charge in [0.25, 0.3) is 0 Å². The minimum Gasteiger partial charge on any atom is -0.494 e. The van der Waals surface area contributed by atoms with Crippen molar-refractivity contribution in [1.29, 1.82) is 5.26 Å². The minimum atomic E-state index is -0.436. The van der Waals surface area contributed by atoms with Crippen LogP contribution in [0.25, 0.3) is 0 Å². The van der Waals surface area contributed by atoms with E-state index >= 15 is 0 Å². The molecular weight excluding hydrogens is 255 g/mol. The zero-order chi connectivity index (χ0) is 14.4. The second-order valence-corrected chi connectivity index (χ2v) is 4.47. The molecule has 2 aromatic rings. The third-order valence-corrected chi connectivity index (χ3v) is 3.21. The summed E-state index contributed by atoms with van der Waals surface area (Å²) in [6.45, 7) is 0. The van der Waals surface area contributed by atoms with Crippen molar-refractivity contribution in [2.75, 3.05) is 7.11 Å². The number of hydrogen-bond acceptors (Lipinski definition) is 3. The molecule has 0 aliphatic heterocycles. The quantitative estimate of drug-likeness (QED) is 0.835. The van der Waals surface area contributed by atoms with Gasteiger partial charge in [0, 0.05) is 12.4 Å². The van der Waals surface area contributed by atoms with E-state index in [2.05, 4.69) is 11.1 Å². The molecule has 1 atom stereocenters. The molecule has 3 nitrogen and oxygen atoms in total. The summed E-state index contributed by atoms with van der Waals surface area (Å²) in [7, 11) is 1.42. The van der Waals surface area contributed by atoms with Crippen LogP contribution in [0.4, 0.5) is 4.39 Å². The number of pyridine rings is 1. The summed E-state index contributed by atoms with van der Waals surface area (Å²) in [5, 5.41) is 9.26. The molecule has 1 unspecified atom stereocenters. The smallest absolute Gasteiger partial charge is 0.165 e. The molecule has 2 rings (SSSR count). The van der Waals surface area contributed by atoms with Crippen LogP contribution < -0.4 is 4.74 Å². The fourth-order valence-corrected chi connectivity index (χ4v) is 2.07. The molecule has 0 saturated heterocycles. The van der Waals surface area contributed by atoms with Crippen LogP contribution in [0.2, 0.25) is 0 Å². The zero-order valence-electron chi connectivity index (χ0n) is 11.2. The summed E-state index contributed by atoms with van der Waals surface area (Å²) in [4.78, 5) is 3.95. The maximum Gasteiger partial charge on any atom is 0.165 e. The van der Waals surface area contributed by atoms with Gasteiger partial charge < -0.3 is 4.74 Å². The van der Waals surface area contributed by atoms with Gasteiger partial charge in [-0.15, -0.1) is 0 Å². The molecule has 0 fully saturated rings. The van der Waals surface area contributed by atoms with E-state index in [-0.39, 0.29) is 11.7 Å². The van der Waals surface area contributed by atoms with Crippen molar-refractivity contribution < 1.29 is 9.13 Å². The Morgan fingerprint density at radius 2 is 2.05 bits per heavy atom. The van der Waals surface area contributed by atoms with Gasteiger partial charge >= 0.3 is 0 Å². The lowest BCUT2D eigenvalue weighted by Gasteiger charge is -2.11. The standard InChI is InChI=1S/C16H15FN2O/c1-20-16-5-4-13(10-15(16)17)14(11-18)3-2-12-6-8-19-9-7-12/h4-10,14H,2-3H2,1H3. The number of nitriles is 1. The molecule has 0 aliphatic carbocycles. The molecule has 0 aliphatic rings. The predicted octanol–water partition coefficient (Wildman–Crippen LogP) is 3.47. The summed E-state index contributed by atoms with van der Waals surface area (Å²) >= 11 is 0. The van der Waals surface area contributed by atoms with Gasteiger partial charge in [-0.25, -0.2) is 4.39 Å². The first-order valence-corrected chi connectivity index (χ1v) is 6.36. The molecule has 20 heavy (non-hydrogen) atoms. The Morgan fingerprint density at radius 3 is 2.65 bits per heavy atom. The van der Waals surface area contributed by atoms with Crippen molar-refractivity contribution in [2.45, 2.75) is 18.8 Å². The van der Waals surface area contributed by atoms with Gasteiger partial charge in [-0.2, -0.15) is 5.26 Å². The largest absolute Gasteiger partial charge is 0.494 e. The Labute approximate surface area is 117 Å². The lowest BCUT2D eigenvalue weighted by atomic mass is 9.93. The van der Waals surface area contributed by atoms with E-state index in [1.165, 1.54) is 13.2 Å². The highest BCUT2D eigenvalue weighted by molar-refractivity contribution is 5.33. The number of hydrogen-bond donors (Lipinski definition) is 0. The van der Waals surface area contributed by atoms with E-state index in [0.717, 1.165) is 12.0 Å². The predicted molar refractivity (Wildman–Crippen MR) is 73.9 cm³/mol. The molecule has 1 aromatic heterocycles. The van der Waals surface area contributed by atoms with E-state index in [9.17, 15) is 9.65 Å². The molecular formula is C16H15FN2O. The van der Waals surface area contributed by atoms with E-state index in [0.29, 0.717) is 12.0 Å². The number of halogens is 1. The van der Waals surface area contributed by atoms with Crippen LogP contribution in [0.15, 0.2) is 42.7 Å². The summed E-state index contributed by atoms with van der Waals surface area (Å²) in [5.41, 5.74) is 1.80. The molecule has 1 heterocycles. The van der Waals surface area contributed by atoms with Gasteiger partial charge in [-0.3, -0.25) is 4.98 Å². The van der Waals surface area contributed by atoms with Crippen molar-refractivity contribution in [2.24, 2.45) is 0 Å². The first-order chi connectivity index (χ1) is 9.74. The molecule has 0 radical (unpaired) electrons. The van der Waals surface area contributed by atoms with Crippen LogP contribution in [0, 0.1) is 17.1 Å². The maximum atomic E-state index is 13.7. The Balaban J connectivity index is 2.09. The fourth-order valence-electron chi connectivity index (χ4n) is 2.07. The van der Waals surface area contributed by atoms with Crippen LogP contribution in [0.5, 0.6) is 5.75 Å². The van der Waals surface area contributed by atoms with Crippen molar-refractivity contribution in [3.8, 4) is 11.8 Å². The monoisotopic (exact) mass is 270 g/mol. The van der Waals surface area contributed by atoms with Crippen molar-refractivity contribution >= 4 is 0 Å². The number of benzene rings is 1. The van der Waals surface area contributed by atoms with E-state index < -0.39 is 5.82 Å². The molecule has 0 spiro atoms. The van der Waals surface area contributed by atoms with Gasteiger partial charge in [0.1, 0.15) is 0 Å². The average Bonchev–Trinajstić information content (AvgIpc) is 2.49. The second kappa shape index (κ2) is 6.67. The second-order valence-electron chi connectivity index (χ2n) is 4.47. The highest BCUT2D eigenvalue weighted by Gasteiger charge is 2.13. The van der Waals surface area contributed by atoms with Crippen molar-refractivity contribution in [3.05, 3.63) is 59.7 Å². The van der Waals surface area contributed by atoms with Gasteiger partial charge in [0.2, 0.25) is 0 Å². The SMILES string of the molecule is COc1ccc(C(C#N)CCc2ccncc2)cc1F. The summed E-state index contributed by atoms with van der Waals surface area (Å²) < 4.78 is 18.5.